The third kappa shape index (κ3) is 3.26. The van der Waals surface area contributed by atoms with Crippen molar-refractivity contribution >= 4 is 17.3 Å². The van der Waals surface area contributed by atoms with Gasteiger partial charge in [-0.15, -0.1) is 0 Å². The molecule has 2 rings (SSSR count). The van der Waals surface area contributed by atoms with Crippen LogP contribution in [0.2, 0.25) is 5.02 Å². The van der Waals surface area contributed by atoms with Crippen molar-refractivity contribution in [1.82, 2.24) is 4.90 Å². The van der Waals surface area contributed by atoms with Gasteiger partial charge in [0.25, 0.3) is 0 Å². The summed E-state index contributed by atoms with van der Waals surface area (Å²) < 4.78 is 0. The summed E-state index contributed by atoms with van der Waals surface area (Å²) in [6, 6.07) is 9.08. The van der Waals surface area contributed by atoms with E-state index in [0.29, 0.717) is 22.7 Å². The van der Waals surface area contributed by atoms with E-state index in [2.05, 4.69) is 37.0 Å². The van der Waals surface area contributed by atoms with E-state index in [1.807, 2.05) is 12.1 Å². The molecule has 0 amide bonds. The lowest BCUT2D eigenvalue weighted by Gasteiger charge is -2.38. The van der Waals surface area contributed by atoms with E-state index in [1.54, 1.807) is 6.07 Å². The second-order valence-corrected chi connectivity index (χ2v) is 6.22. The fourth-order valence-electron chi connectivity index (χ4n) is 2.99. The molecule has 1 aliphatic rings. The fourth-order valence-corrected chi connectivity index (χ4v) is 3.20. The standard InChI is InChI=1S/C16H22ClN3/c1-19(2)13-6-8-14(9-7-13)20(3)15-5-4-12(11-18)16(17)10-15/h4-5,10,13-14H,6-9H2,1-3H3. The van der Waals surface area contributed by atoms with Crippen molar-refractivity contribution in [2.75, 3.05) is 26.0 Å². The van der Waals surface area contributed by atoms with Crippen molar-refractivity contribution in [2.45, 2.75) is 37.8 Å². The molecule has 20 heavy (non-hydrogen) atoms. The van der Waals surface area contributed by atoms with Gasteiger partial charge >= 0.3 is 0 Å². The Balaban J connectivity index is 2.04. The average Bonchev–Trinajstić information content (AvgIpc) is 2.46. The Bertz CT molecular complexity index is 499. The summed E-state index contributed by atoms with van der Waals surface area (Å²) in [4.78, 5) is 4.63. The molecule has 0 unspecified atom stereocenters. The highest BCUT2D eigenvalue weighted by molar-refractivity contribution is 6.32. The zero-order valence-corrected chi connectivity index (χ0v) is 13.2. The molecule has 1 aromatic carbocycles. The fraction of sp³-hybridized carbons (Fsp3) is 0.562. The van der Waals surface area contributed by atoms with Crippen LogP contribution in [0, 0.1) is 11.3 Å². The monoisotopic (exact) mass is 291 g/mol. The van der Waals surface area contributed by atoms with Crippen LogP contribution in [0.1, 0.15) is 31.2 Å². The zero-order chi connectivity index (χ0) is 14.7. The zero-order valence-electron chi connectivity index (χ0n) is 12.4. The van der Waals surface area contributed by atoms with Gasteiger partial charge in [-0.25, -0.2) is 0 Å². The maximum atomic E-state index is 8.93. The van der Waals surface area contributed by atoms with Gasteiger partial charge in [0.15, 0.2) is 0 Å². The Hall–Kier alpha value is -1.24. The van der Waals surface area contributed by atoms with Gasteiger partial charge in [-0.05, 0) is 58.0 Å². The largest absolute Gasteiger partial charge is 0.372 e. The lowest BCUT2D eigenvalue weighted by Crippen LogP contribution is -2.40. The van der Waals surface area contributed by atoms with Crippen molar-refractivity contribution in [1.29, 1.82) is 5.26 Å². The third-order valence-electron chi connectivity index (χ3n) is 4.42. The number of hydrogen-bond donors (Lipinski definition) is 0. The number of anilines is 1. The van der Waals surface area contributed by atoms with Crippen LogP contribution < -0.4 is 4.90 Å². The number of nitrogens with zero attached hydrogens (tertiary/aromatic N) is 3. The Morgan fingerprint density at radius 1 is 1.10 bits per heavy atom. The Labute approximate surface area is 126 Å². The molecule has 108 valence electrons. The number of benzene rings is 1. The summed E-state index contributed by atoms with van der Waals surface area (Å²) in [7, 11) is 6.45. The van der Waals surface area contributed by atoms with Crippen LogP contribution in [-0.4, -0.2) is 38.1 Å². The predicted octanol–water partition coefficient (Wildman–Crippen LogP) is 3.52. The SMILES string of the molecule is CN(C)C1CCC(N(C)c2ccc(C#N)c(Cl)c2)CC1. The number of nitriles is 1. The van der Waals surface area contributed by atoms with Gasteiger partial charge in [0, 0.05) is 24.8 Å². The quantitative estimate of drug-likeness (QED) is 0.853. The first-order chi connectivity index (χ1) is 9.52. The molecule has 0 bridgehead atoms. The molecular formula is C16H22ClN3. The van der Waals surface area contributed by atoms with Gasteiger partial charge in [0.1, 0.15) is 6.07 Å². The minimum atomic E-state index is 0.541. The summed E-state index contributed by atoms with van der Waals surface area (Å²) >= 11 is 6.12. The summed E-state index contributed by atoms with van der Waals surface area (Å²) in [6.45, 7) is 0. The summed E-state index contributed by atoms with van der Waals surface area (Å²) in [5.41, 5.74) is 1.64. The highest BCUT2D eigenvalue weighted by Gasteiger charge is 2.25. The molecule has 1 saturated carbocycles. The van der Waals surface area contributed by atoms with Crippen LogP contribution in [0.25, 0.3) is 0 Å². The molecule has 0 N–H and O–H groups in total. The van der Waals surface area contributed by atoms with Crippen molar-refractivity contribution in [2.24, 2.45) is 0 Å². The molecule has 0 aromatic heterocycles. The smallest absolute Gasteiger partial charge is 0.101 e. The maximum Gasteiger partial charge on any atom is 0.101 e. The van der Waals surface area contributed by atoms with Crippen molar-refractivity contribution < 1.29 is 0 Å². The predicted molar refractivity (Wildman–Crippen MR) is 84.3 cm³/mol. The molecule has 0 radical (unpaired) electrons. The maximum absolute atomic E-state index is 8.93. The van der Waals surface area contributed by atoms with Gasteiger partial charge in [-0.2, -0.15) is 5.26 Å². The van der Waals surface area contributed by atoms with Crippen molar-refractivity contribution in [3.05, 3.63) is 28.8 Å². The first kappa shape index (κ1) is 15.2. The molecule has 0 saturated heterocycles. The van der Waals surface area contributed by atoms with E-state index in [4.69, 9.17) is 16.9 Å². The summed E-state index contributed by atoms with van der Waals surface area (Å²) in [5.74, 6) is 0. The van der Waals surface area contributed by atoms with Gasteiger partial charge in [0.05, 0.1) is 10.6 Å². The van der Waals surface area contributed by atoms with Crippen LogP contribution in [0.3, 0.4) is 0 Å². The normalized spacial score (nSPS) is 22.6. The minimum Gasteiger partial charge on any atom is -0.372 e. The van der Waals surface area contributed by atoms with Crippen molar-refractivity contribution in [3.63, 3.8) is 0 Å². The van der Waals surface area contributed by atoms with Crippen LogP contribution in [0.5, 0.6) is 0 Å². The van der Waals surface area contributed by atoms with E-state index in [1.165, 1.54) is 25.7 Å². The Morgan fingerprint density at radius 3 is 2.20 bits per heavy atom. The molecule has 1 aliphatic carbocycles. The first-order valence-corrected chi connectivity index (χ1v) is 7.49. The van der Waals surface area contributed by atoms with E-state index in [9.17, 15) is 0 Å². The lowest BCUT2D eigenvalue weighted by atomic mass is 9.89. The highest BCUT2D eigenvalue weighted by atomic mass is 35.5. The minimum absolute atomic E-state index is 0.541. The molecule has 4 heteroatoms. The summed E-state index contributed by atoms with van der Waals surface area (Å²) in [6.07, 6.45) is 4.89. The van der Waals surface area contributed by atoms with Crippen LogP contribution >= 0.6 is 11.6 Å². The number of halogens is 1. The van der Waals surface area contributed by atoms with Gasteiger partial charge in [0.2, 0.25) is 0 Å². The van der Waals surface area contributed by atoms with Gasteiger partial charge < -0.3 is 9.80 Å². The van der Waals surface area contributed by atoms with Crippen LogP contribution in [-0.2, 0) is 0 Å². The van der Waals surface area contributed by atoms with E-state index in [0.717, 1.165) is 5.69 Å². The Kier molecular flexibility index (Phi) is 4.91. The van der Waals surface area contributed by atoms with Crippen LogP contribution in [0.4, 0.5) is 5.69 Å². The molecule has 0 aliphatic heterocycles. The second-order valence-electron chi connectivity index (χ2n) is 5.81. The van der Waals surface area contributed by atoms with E-state index >= 15 is 0 Å². The molecule has 0 spiro atoms. The summed E-state index contributed by atoms with van der Waals surface area (Å²) in [5, 5.41) is 9.47. The lowest BCUT2D eigenvalue weighted by molar-refractivity contribution is 0.215. The molecule has 1 aromatic rings. The van der Waals surface area contributed by atoms with E-state index in [-0.39, 0.29) is 0 Å². The molecule has 0 atom stereocenters. The van der Waals surface area contributed by atoms with Crippen LogP contribution in [0.15, 0.2) is 18.2 Å². The molecule has 3 nitrogen and oxygen atoms in total. The molecular weight excluding hydrogens is 270 g/mol. The van der Waals surface area contributed by atoms with Gasteiger partial charge in [-0.1, -0.05) is 11.6 Å². The van der Waals surface area contributed by atoms with E-state index < -0.39 is 0 Å². The third-order valence-corrected chi connectivity index (χ3v) is 4.74. The van der Waals surface area contributed by atoms with Gasteiger partial charge in [-0.3, -0.25) is 0 Å². The topological polar surface area (TPSA) is 30.3 Å². The molecule has 0 heterocycles. The highest BCUT2D eigenvalue weighted by Crippen LogP contribution is 2.30. The number of hydrogen-bond acceptors (Lipinski definition) is 3. The number of rotatable bonds is 3. The molecule has 1 fully saturated rings. The first-order valence-electron chi connectivity index (χ1n) is 7.12. The second kappa shape index (κ2) is 6.47. The van der Waals surface area contributed by atoms with Crippen molar-refractivity contribution in [3.8, 4) is 6.07 Å². The average molecular weight is 292 g/mol. The Morgan fingerprint density at radius 2 is 1.70 bits per heavy atom.